The highest BCUT2D eigenvalue weighted by Crippen LogP contribution is 2.19. The van der Waals surface area contributed by atoms with Crippen molar-refractivity contribution in [3.8, 4) is 5.88 Å². The molecule has 1 aromatic heterocycles. The second-order valence-corrected chi connectivity index (χ2v) is 5.48. The number of oxime groups is 1. The Morgan fingerprint density at radius 1 is 1.44 bits per heavy atom. The number of nitrogens with zero attached hydrogens (tertiary/aromatic N) is 2. The lowest BCUT2D eigenvalue weighted by molar-refractivity contribution is 0.236. The van der Waals surface area contributed by atoms with Gasteiger partial charge in [-0.2, -0.15) is 0 Å². The first-order chi connectivity index (χ1) is 8.31. The zero-order valence-corrected chi connectivity index (χ0v) is 11.4. The van der Waals surface area contributed by atoms with Crippen molar-refractivity contribution in [2.75, 3.05) is 6.61 Å². The topological polar surface area (TPSA) is 80.7 Å². The van der Waals surface area contributed by atoms with Crippen molar-refractivity contribution < 1.29 is 9.94 Å². The van der Waals surface area contributed by atoms with Crippen LogP contribution in [0.25, 0.3) is 0 Å². The van der Waals surface area contributed by atoms with Gasteiger partial charge in [0.05, 0.1) is 6.61 Å². The summed E-state index contributed by atoms with van der Waals surface area (Å²) in [7, 11) is 0. The third kappa shape index (κ3) is 4.61. The Balaban J connectivity index is 2.75. The molecule has 1 heterocycles. The maximum absolute atomic E-state index is 8.65. The number of ether oxygens (including phenoxy) is 1. The van der Waals surface area contributed by atoms with Gasteiger partial charge in [-0.25, -0.2) is 4.98 Å². The van der Waals surface area contributed by atoms with E-state index in [0.29, 0.717) is 18.1 Å². The first-order valence-corrected chi connectivity index (χ1v) is 5.91. The molecule has 0 saturated heterocycles. The van der Waals surface area contributed by atoms with Crippen LogP contribution in [0.4, 0.5) is 0 Å². The van der Waals surface area contributed by atoms with Crippen LogP contribution < -0.4 is 10.5 Å². The number of pyridine rings is 1. The third-order valence-corrected chi connectivity index (χ3v) is 2.44. The van der Waals surface area contributed by atoms with Crippen molar-refractivity contribution in [1.82, 2.24) is 4.98 Å². The first kappa shape index (κ1) is 14.3. The Morgan fingerprint density at radius 3 is 2.67 bits per heavy atom. The lowest BCUT2D eigenvalue weighted by Gasteiger charge is -2.18. The van der Waals surface area contributed by atoms with Gasteiger partial charge in [-0.1, -0.05) is 25.9 Å². The highest BCUT2D eigenvalue weighted by atomic mass is 16.5. The van der Waals surface area contributed by atoms with Crippen LogP contribution in [0.15, 0.2) is 17.3 Å². The van der Waals surface area contributed by atoms with Crippen LogP contribution in [0.5, 0.6) is 5.88 Å². The van der Waals surface area contributed by atoms with E-state index in [2.05, 4.69) is 30.9 Å². The molecule has 0 fully saturated rings. The maximum Gasteiger partial charge on any atom is 0.214 e. The van der Waals surface area contributed by atoms with Gasteiger partial charge in [0.15, 0.2) is 5.84 Å². The highest BCUT2D eigenvalue weighted by Gasteiger charge is 2.11. The number of hydrogen-bond donors (Lipinski definition) is 2. The molecule has 0 unspecified atom stereocenters. The van der Waals surface area contributed by atoms with Gasteiger partial charge >= 0.3 is 0 Å². The van der Waals surface area contributed by atoms with Crippen molar-refractivity contribution in [1.29, 1.82) is 0 Å². The molecule has 0 radical (unpaired) electrons. The molecule has 5 heteroatoms. The monoisotopic (exact) mass is 251 g/mol. The van der Waals surface area contributed by atoms with Crippen molar-refractivity contribution in [3.63, 3.8) is 0 Å². The summed E-state index contributed by atoms with van der Waals surface area (Å²) in [5.41, 5.74) is 7.14. The quantitative estimate of drug-likeness (QED) is 0.372. The molecule has 3 N–H and O–H groups in total. The van der Waals surface area contributed by atoms with Gasteiger partial charge < -0.3 is 15.7 Å². The van der Waals surface area contributed by atoms with Gasteiger partial charge in [0, 0.05) is 17.3 Å². The summed E-state index contributed by atoms with van der Waals surface area (Å²) in [6.45, 7) is 8.89. The minimum atomic E-state index is 0.0566. The molecule has 1 aromatic rings. The fraction of sp³-hybridized carbons (Fsp3) is 0.538. The average Bonchev–Trinajstić information content (AvgIpc) is 2.25. The number of hydrogen-bond acceptors (Lipinski definition) is 4. The zero-order chi connectivity index (χ0) is 13.8. The van der Waals surface area contributed by atoms with Crippen LogP contribution in [-0.4, -0.2) is 22.6 Å². The molecule has 0 aliphatic heterocycles. The lowest BCUT2D eigenvalue weighted by Crippen LogP contribution is -2.15. The Morgan fingerprint density at radius 2 is 2.11 bits per heavy atom. The summed E-state index contributed by atoms with van der Waals surface area (Å²) in [5.74, 6) is 0.557. The summed E-state index contributed by atoms with van der Waals surface area (Å²) in [6, 6.07) is 3.41. The predicted octanol–water partition coefficient (Wildman–Crippen LogP) is 2.30. The summed E-state index contributed by atoms with van der Waals surface area (Å²) in [4.78, 5) is 4.26. The van der Waals surface area contributed by atoms with E-state index in [0.717, 1.165) is 12.1 Å². The predicted molar refractivity (Wildman–Crippen MR) is 71.1 cm³/mol. The Hall–Kier alpha value is -1.78. The number of aromatic nitrogens is 1. The molecule has 5 nitrogen and oxygen atoms in total. The third-order valence-electron chi connectivity index (χ3n) is 2.44. The van der Waals surface area contributed by atoms with E-state index >= 15 is 0 Å². The van der Waals surface area contributed by atoms with Gasteiger partial charge in [0.2, 0.25) is 5.88 Å². The van der Waals surface area contributed by atoms with E-state index in [1.165, 1.54) is 0 Å². The minimum absolute atomic E-state index is 0.0566. The van der Waals surface area contributed by atoms with Crippen molar-refractivity contribution in [2.24, 2.45) is 16.3 Å². The van der Waals surface area contributed by atoms with Crippen molar-refractivity contribution >= 4 is 5.84 Å². The molecular weight excluding hydrogens is 230 g/mol. The van der Waals surface area contributed by atoms with Crippen molar-refractivity contribution in [3.05, 3.63) is 23.4 Å². The maximum atomic E-state index is 8.65. The second kappa shape index (κ2) is 5.71. The van der Waals surface area contributed by atoms with E-state index in [-0.39, 0.29) is 11.3 Å². The minimum Gasteiger partial charge on any atom is -0.478 e. The van der Waals surface area contributed by atoms with Gasteiger partial charge in [-0.05, 0) is 24.8 Å². The summed E-state index contributed by atoms with van der Waals surface area (Å²) >= 11 is 0. The molecule has 0 atom stereocenters. The molecule has 1 rings (SSSR count). The molecular formula is C13H21N3O2. The molecule has 100 valence electrons. The average molecular weight is 251 g/mol. The van der Waals surface area contributed by atoms with Crippen LogP contribution in [0.1, 0.15) is 38.4 Å². The molecule has 18 heavy (non-hydrogen) atoms. The fourth-order valence-electron chi connectivity index (χ4n) is 1.38. The Kier molecular flexibility index (Phi) is 4.53. The van der Waals surface area contributed by atoms with Gasteiger partial charge in [-0.3, -0.25) is 0 Å². The normalized spacial score (nSPS) is 12.6. The Labute approximate surface area is 108 Å². The summed E-state index contributed by atoms with van der Waals surface area (Å²) < 4.78 is 5.59. The fourth-order valence-corrected chi connectivity index (χ4v) is 1.38. The van der Waals surface area contributed by atoms with Crippen LogP contribution in [-0.2, 0) is 0 Å². The molecule has 0 bridgehead atoms. The first-order valence-electron chi connectivity index (χ1n) is 5.91. The molecule has 0 aliphatic carbocycles. The zero-order valence-electron chi connectivity index (χ0n) is 11.4. The summed E-state index contributed by atoms with van der Waals surface area (Å²) in [6.07, 6.45) is 0.932. The SMILES string of the molecule is Cc1cc(/C(N)=N/O)cc(OCCC(C)(C)C)n1. The van der Waals surface area contributed by atoms with Crippen LogP contribution in [0, 0.1) is 12.3 Å². The lowest BCUT2D eigenvalue weighted by atomic mass is 9.93. The van der Waals surface area contributed by atoms with E-state index < -0.39 is 0 Å². The van der Waals surface area contributed by atoms with E-state index in [1.54, 1.807) is 12.1 Å². The van der Waals surface area contributed by atoms with Crippen LogP contribution in [0.3, 0.4) is 0 Å². The van der Waals surface area contributed by atoms with Crippen LogP contribution >= 0.6 is 0 Å². The second-order valence-electron chi connectivity index (χ2n) is 5.48. The van der Waals surface area contributed by atoms with E-state index in [1.807, 2.05) is 6.92 Å². The molecule has 0 saturated carbocycles. The number of amidine groups is 1. The van der Waals surface area contributed by atoms with Gasteiger partial charge in [-0.15, -0.1) is 0 Å². The molecule has 0 spiro atoms. The number of rotatable bonds is 4. The van der Waals surface area contributed by atoms with Gasteiger partial charge in [0.1, 0.15) is 0 Å². The molecule has 0 aromatic carbocycles. The Bertz CT molecular complexity index is 436. The highest BCUT2D eigenvalue weighted by molar-refractivity contribution is 5.97. The number of nitrogens with two attached hydrogens (primary N) is 1. The molecule has 0 aliphatic rings. The van der Waals surface area contributed by atoms with Crippen molar-refractivity contribution in [2.45, 2.75) is 34.1 Å². The van der Waals surface area contributed by atoms with Crippen LogP contribution in [0.2, 0.25) is 0 Å². The standard InChI is InChI=1S/C13H21N3O2/c1-9-7-10(12(14)16-17)8-11(15-9)18-6-5-13(2,3)4/h7-8,17H,5-6H2,1-4H3,(H2,14,16). The van der Waals surface area contributed by atoms with E-state index in [4.69, 9.17) is 15.7 Å². The smallest absolute Gasteiger partial charge is 0.214 e. The van der Waals surface area contributed by atoms with E-state index in [9.17, 15) is 0 Å². The largest absolute Gasteiger partial charge is 0.478 e. The molecule has 0 amide bonds. The number of aryl methyl sites for hydroxylation is 1. The summed E-state index contributed by atoms with van der Waals surface area (Å²) in [5, 5.41) is 11.6. The van der Waals surface area contributed by atoms with Gasteiger partial charge in [0.25, 0.3) is 0 Å².